The van der Waals surface area contributed by atoms with Gasteiger partial charge in [0.05, 0.1) is 4.92 Å². The first-order chi connectivity index (χ1) is 8.25. The monoisotopic (exact) mass is 264 g/mol. The lowest BCUT2D eigenvalue weighted by Gasteiger charge is -1.99. The Morgan fingerprint density at radius 2 is 1.82 bits per heavy atom. The van der Waals surface area contributed by atoms with Gasteiger partial charge in [-0.15, -0.1) is 0 Å². The van der Waals surface area contributed by atoms with Crippen molar-refractivity contribution in [3.8, 4) is 0 Å². The average Bonchev–Trinajstić information content (AvgIpc) is 2.38. The molecule has 0 saturated carbocycles. The summed E-state index contributed by atoms with van der Waals surface area (Å²) in [6, 6.07) is 13.0. The molecule has 86 valence electrons. The zero-order valence-electron chi connectivity index (χ0n) is 8.65. The molecule has 0 unspecified atom stereocenters. The molecule has 0 fully saturated rings. The fraction of sp³-hybridized carbons (Fsp3) is 0. The lowest BCUT2D eigenvalue weighted by molar-refractivity contribution is -0.385. The number of nitro groups is 1. The number of pyridine rings is 1. The molecule has 4 nitrogen and oxygen atoms in total. The van der Waals surface area contributed by atoms with Gasteiger partial charge in [-0.3, -0.25) is 10.1 Å². The van der Waals surface area contributed by atoms with Gasteiger partial charge in [-0.25, -0.2) is 4.98 Å². The minimum absolute atomic E-state index is 0.0130. The van der Waals surface area contributed by atoms with E-state index in [1.165, 1.54) is 23.1 Å². The highest BCUT2D eigenvalue weighted by Gasteiger charge is 2.05. The van der Waals surface area contributed by atoms with Gasteiger partial charge in [-0.05, 0) is 29.0 Å². The Hall–Kier alpha value is -1.53. The maximum atomic E-state index is 10.4. The second-order valence-corrected chi connectivity index (χ2v) is 5.31. The van der Waals surface area contributed by atoms with Crippen molar-refractivity contribution in [1.82, 2.24) is 4.98 Å². The summed E-state index contributed by atoms with van der Waals surface area (Å²) in [6.07, 6.45) is 1.27. The lowest BCUT2D eigenvalue weighted by atomic mass is 10.4. The molecule has 0 spiro atoms. The predicted molar refractivity (Wildman–Crippen MR) is 69.0 cm³/mol. The summed E-state index contributed by atoms with van der Waals surface area (Å²) >= 11 is 0. The summed E-state index contributed by atoms with van der Waals surface area (Å²) in [5, 5.41) is 11.2. The highest BCUT2D eigenvalue weighted by Crippen LogP contribution is 2.36. The third kappa shape index (κ3) is 3.47. The maximum Gasteiger partial charge on any atom is 0.287 e. The van der Waals surface area contributed by atoms with Crippen molar-refractivity contribution in [2.45, 2.75) is 9.92 Å². The Morgan fingerprint density at radius 3 is 2.41 bits per heavy atom. The van der Waals surface area contributed by atoms with E-state index in [1.54, 1.807) is 16.9 Å². The molecule has 17 heavy (non-hydrogen) atoms. The van der Waals surface area contributed by atoms with Crippen molar-refractivity contribution in [1.29, 1.82) is 0 Å². The number of aromatic nitrogens is 1. The van der Waals surface area contributed by atoms with Crippen LogP contribution in [0.15, 0.2) is 58.6 Å². The zero-order valence-corrected chi connectivity index (χ0v) is 10.3. The number of nitrogens with zero attached hydrogens (tertiary/aromatic N) is 2. The standard InChI is InChI=1S/C11H8N2O2S2/c14-13(15)9-6-7-11(12-8-9)17-16-10-4-2-1-3-5-10/h1-8H. The lowest BCUT2D eigenvalue weighted by Crippen LogP contribution is -1.88. The van der Waals surface area contributed by atoms with E-state index < -0.39 is 4.92 Å². The highest BCUT2D eigenvalue weighted by atomic mass is 33.1. The van der Waals surface area contributed by atoms with Crippen LogP contribution in [0.4, 0.5) is 5.69 Å². The fourth-order valence-electron chi connectivity index (χ4n) is 1.10. The van der Waals surface area contributed by atoms with Crippen molar-refractivity contribution in [3.63, 3.8) is 0 Å². The summed E-state index contributed by atoms with van der Waals surface area (Å²) in [5.74, 6) is 0. The SMILES string of the molecule is O=[N+]([O-])c1ccc(SSc2ccccc2)nc1. The summed E-state index contributed by atoms with van der Waals surface area (Å²) in [4.78, 5) is 15.1. The van der Waals surface area contributed by atoms with E-state index in [-0.39, 0.29) is 5.69 Å². The van der Waals surface area contributed by atoms with Crippen molar-refractivity contribution >= 4 is 27.3 Å². The molecule has 1 aromatic heterocycles. The Balaban J connectivity index is 1.98. The molecule has 2 rings (SSSR count). The number of benzene rings is 1. The summed E-state index contributed by atoms with van der Waals surface area (Å²) in [5.41, 5.74) is 0.0130. The van der Waals surface area contributed by atoms with Crippen LogP contribution in [0, 0.1) is 10.1 Å². The van der Waals surface area contributed by atoms with Gasteiger partial charge in [-0.2, -0.15) is 0 Å². The molecule has 1 aromatic carbocycles. The van der Waals surface area contributed by atoms with Crippen molar-refractivity contribution in [2.24, 2.45) is 0 Å². The third-order valence-electron chi connectivity index (χ3n) is 1.90. The van der Waals surface area contributed by atoms with Crippen molar-refractivity contribution in [3.05, 3.63) is 58.8 Å². The first-order valence-electron chi connectivity index (χ1n) is 4.76. The van der Waals surface area contributed by atoms with Gasteiger partial charge >= 0.3 is 0 Å². The van der Waals surface area contributed by atoms with Gasteiger partial charge in [0.2, 0.25) is 0 Å². The molecule has 0 radical (unpaired) electrons. The smallest absolute Gasteiger partial charge is 0.258 e. The Labute approximate surface area is 106 Å². The van der Waals surface area contributed by atoms with Crippen LogP contribution in [0.1, 0.15) is 0 Å². The predicted octanol–water partition coefficient (Wildman–Crippen LogP) is 3.79. The van der Waals surface area contributed by atoms with E-state index >= 15 is 0 Å². The van der Waals surface area contributed by atoms with E-state index in [1.807, 2.05) is 30.3 Å². The zero-order chi connectivity index (χ0) is 12.1. The summed E-state index contributed by atoms with van der Waals surface area (Å²) < 4.78 is 0. The van der Waals surface area contributed by atoms with Crippen LogP contribution in [0.25, 0.3) is 0 Å². The quantitative estimate of drug-likeness (QED) is 0.477. The van der Waals surface area contributed by atoms with Crippen LogP contribution < -0.4 is 0 Å². The summed E-state index contributed by atoms with van der Waals surface area (Å²) in [6.45, 7) is 0. The fourth-order valence-corrected chi connectivity index (χ4v) is 2.94. The number of hydrogen-bond donors (Lipinski definition) is 0. The van der Waals surface area contributed by atoms with Crippen LogP contribution in [0.2, 0.25) is 0 Å². The van der Waals surface area contributed by atoms with Crippen LogP contribution >= 0.6 is 21.6 Å². The normalized spacial score (nSPS) is 10.1. The van der Waals surface area contributed by atoms with Gasteiger partial charge in [0.25, 0.3) is 5.69 Å². The molecule has 2 aromatic rings. The molecule has 0 aliphatic heterocycles. The van der Waals surface area contributed by atoms with Gasteiger partial charge in [0.1, 0.15) is 11.2 Å². The molecular weight excluding hydrogens is 256 g/mol. The summed E-state index contributed by atoms with van der Waals surface area (Å²) in [7, 11) is 3.05. The molecule has 6 heteroatoms. The van der Waals surface area contributed by atoms with Crippen molar-refractivity contribution in [2.75, 3.05) is 0 Å². The Morgan fingerprint density at radius 1 is 1.06 bits per heavy atom. The molecule has 0 bridgehead atoms. The van der Waals surface area contributed by atoms with Gasteiger partial charge in [-0.1, -0.05) is 29.0 Å². The van der Waals surface area contributed by atoms with E-state index in [0.717, 1.165) is 9.92 Å². The molecule has 0 N–H and O–H groups in total. The molecule has 0 saturated heterocycles. The van der Waals surface area contributed by atoms with E-state index in [4.69, 9.17) is 0 Å². The molecular formula is C11H8N2O2S2. The first-order valence-corrected chi connectivity index (χ1v) is 6.91. The van der Waals surface area contributed by atoms with E-state index in [0.29, 0.717) is 0 Å². The second kappa shape index (κ2) is 5.70. The molecule has 0 aliphatic rings. The molecule has 0 amide bonds. The largest absolute Gasteiger partial charge is 0.287 e. The van der Waals surface area contributed by atoms with Crippen LogP contribution in [0.5, 0.6) is 0 Å². The maximum absolute atomic E-state index is 10.4. The minimum Gasteiger partial charge on any atom is -0.258 e. The van der Waals surface area contributed by atoms with Gasteiger partial charge in [0.15, 0.2) is 0 Å². The first kappa shape index (κ1) is 11.9. The topological polar surface area (TPSA) is 56.0 Å². The third-order valence-corrected chi connectivity index (χ3v) is 4.20. The van der Waals surface area contributed by atoms with Gasteiger partial charge in [0, 0.05) is 11.0 Å². The Kier molecular flexibility index (Phi) is 4.00. The van der Waals surface area contributed by atoms with Crippen molar-refractivity contribution < 1.29 is 4.92 Å². The van der Waals surface area contributed by atoms with E-state index in [9.17, 15) is 10.1 Å². The average molecular weight is 264 g/mol. The van der Waals surface area contributed by atoms with E-state index in [2.05, 4.69) is 4.98 Å². The Bertz CT molecular complexity index is 503. The molecule has 0 atom stereocenters. The van der Waals surface area contributed by atoms with Crippen LogP contribution in [0.3, 0.4) is 0 Å². The van der Waals surface area contributed by atoms with Crippen LogP contribution in [-0.2, 0) is 0 Å². The second-order valence-electron chi connectivity index (χ2n) is 3.09. The highest BCUT2D eigenvalue weighted by molar-refractivity contribution is 8.76. The van der Waals surface area contributed by atoms with Crippen LogP contribution in [-0.4, -0.2) is 9.91 Å². The molecule has 0 aliphatic carbocycles. The van der Waals surface area contributed by atoms with Gasteiger partial charge < -0.3 is 0 Å². The number of hydrogen-bond acceptors (Lipinski definition) is 5. The number of rotatable bonds is 4. The molecule has 1 heterocycles. The minimum atomic E-state index is -0.453.